The number of alkyl halides is 3. The van der Waals surface area contributed by atoms with Gasteiger partial charge in [0.05, 0.1) is 35.8 Å². The third-order valence-electron chi connectivity index (χ3n) is 9.77. The van der Waals surface area contributed by atoms with E-state index in [4.69, 9.17) is 25.1 Å². The summed E-state index contributed by atoms with van der Waals surface area (Å²) >= 11 is 0. The predicted molar refractivity (Wildman–Crippen MR) is 209 cm³/mol. The van der Waals surface area contributed by atoms with Crippen molar-refractivity contribution in [3.8, 4) is 11.1 Å². The number of halogens is 3. The van der Waals surface area contributed by atoms with Crippen molar-refractivity contribution in [2.24, 2.45) is 17.6 Å². The number of H-pyrrole nitrogens is 2. The van der Waals surface area contributed by atoms with Crippen LogP contribution in [0.4, 0.5) is 29.5 Å². The maximum absolute atomic E-state index is 14.2. The van der Waals surface area contributed by atoms with Gasteiger partial charge in [-0.25, -0.2) is 19.5 Å². The Morgan fingerprint density at radius 1 is 0.983 bits per heavy atom. The van der Waals surface area contributed by atoms with E-state index in [1.54, 1.807) is 18.2 Å². The van der Waals surface area contributed by atoms with Crippen molar-refractivity contribution in [1.29, 1.82) is 0 Å². The van der Waals surface area contributed by atoms with Gasteiger partial charge in [0.2, 0.25) is 5.91 Å². The Morgan fingerprint density at radius 3 is 2.26 bits per heavy atom. The molecule has 18 heteroatoms. The van der Waals surface area contributed by atoms with Gasteiger partial charge in [-0.1, -0.05) is 24.3 Å². The molecule has 58 heavy (non-hydrogen) atoms. The number of imide groups is 1. The Bertz CT molecular complexity index is 2120. The van der Waals surface area contributed by atoms with Gasteiger partial charge < -0.3 is 30.5 Å². The highest BCUT2D eigenvalue weighted by Crippen LogP contribution is 2.32. The average Bonchev–Trinajstić information content (AvgIpc) is 3.56. The predicted octanol–water partition coefficient (Wildman–Crippen LogP) is 5.15. The Balaban J connectivity index is 0.000000839. The van der Waals surface area contributed by atoms with Crippen molar-refractivity contribution in [3.63, 3.8) is 0 Å². The molecule has 6 rings (SSSR count). The number of carboxylic acid groups (broad SMARTS) is 1. The van der Waals surface area contributed by atoms with Gasteiger partial charge in [-0.2, -0.15) is 13.2 Å². The third-order valence-corrected chi connectivity index (χ3v) is 9.77. The number of morpholine rings is 1. The van der Waals surface area contributed by atoms with Gasteiger partial charge in [0.15, 0.2) is 0 Å². The molecule has 3 amide bonds. The molecular formula is C40H48F3N7O8. The van der Waals surface area contributed by atoms with Gasteiger partial charge in [-0.3, -0.25) is 24.6 Å². The zero-order chi connectivity index (χ0) is 42.2. The Labute approximate surface area is 332 Å². The molecule has 1 aliphatic carbocycles. The lowest BCUT2D eigenvalue weighted by Crippen LogP contribution is -2.50. The number of aromatic amines is 2. The van der Waals surface area contributed by atoms with Crippen molar-refractivity contribution < 1.29 is 46.9 Å². The fourth-order valence-corrected chi connectivity index (χ4v) is 6.77. The second kappa shape index (κ2) is 18.7. The van der Waals surface area contributed by atoms with Gasteiger partial charge in [-0.15, -0.1) is 0 Å². The van der Waals surface area contributed by atoms with Crippen LogP contribution in [0.25, 0.3) is 22.0 Å². The van der Waals surface area contributed by atoms with Gasteiger partial charge in [0, 0.05) is 31.7 Å². The lowest BCUT2D eigenvalue weighted by Gasteiger charge is -2.32. The molecule has 2 fully saturated rings. The van der Waals surface area contributed by atoms with Crippen molar-refractivity contribution in [3.05, 3.63) is 76.7 Å². The van der Waals surface area contributed by atoms with Crippen LogP contribution < -0.4 is 26.4 Å². The number of hydrogen-bond donors (Lipinski definition) is 5. The molecule has 2 aromatic carbocycles. The number of aromatic nitrogens is 3. The van der Waals surface area contributed by atoms with Crippen LogP contribution in [0, 0.1) is 11.8 Å². The summed E-state index contributed by atoms with van der Waals surface area (Å²) in [6.07, 6.45) is -0.969. The Kier molecular flexibility index (Phi) is 14.0. The lowest BCUT2D eigenvalue weighted by molar-refractivity contribution is -0.192. The Morgan fingerprint density at radius 2 is 1.64 bits per heavy atom. The summed E-state index contributed by atoms with van der Waals surface area (Å²) in [6, 6.07) is 15.8. The van der Waals surface area contributed by atoms with E-state index in [9.17, 15) is 32.3 Å². The SMILES string of the molecule is CC(C)(C)OC(=O)NC[C@H]1CC[C@H](C(=O)N(C(=O)[C@@H](N)Cc2ccc(-c3ccnc(N4CCOCC4)c3)cc2)c2ccc3c(=O)[nH][nH]c3c2)CC1.O=C(O)C(F)(F)F. The number of ether oxygens (including phenoxy) is 2. The maximum Gasteiger partial charge on any atom is 0.490 e. The second-order valence-electron chi connectivity index (χ2n) is 15.2. The number of carbonyl (C=O) groups excluding carboxylic acids is 3. The van der Waals surface area contributed by atoms with Gasteiger partial charge >= 0.3 is 18.2 Å². The Hall–Kier alpha value is -5.75. The monoisotopic (exact) mass is 811 g/mol. The summed E-state index contributed by atoms with van der Waals surface area (Å²) in [4.78, 5) is 69.5. The summed E-state index contributed by atoms with van der Waals surface area (Å²) in [5, 5.41) is 15.8. The number of amides is 3. The molecule has 1 aliphatic heterocycles. The van der Waals surface area contributed by atoms with Crippen molar-refractivity contribution >= 4 is 46.3 Å². The minimum Gasteiger partial charge on any atom is -0.475 e. The van der Waals surface area contributed by atoms with Crippen LogP contribution in [-0.2, 0) is 30.3 Å². The average molecular weight is 812 g/mol. The van der Waals surface area contributed by atoms with Crippen LogP contribution in [0.5, 0.6) is 0 Å². The van der Waals surface area contributed by atoms with Gasteiger partial charge in [-0.05, 0) is 106 Å². The van der Waals surface area contributed by atoms with E-state index in [0.29, 0.717) is 62.0 Å². The summed E-state index contributed by atoms with van der Waals surface area (Å²) in [5.74, 6) is -2.90. The van der Waals surface area contributed by atoms with Crippen LogP contribution >= 0.6 is 0 Å². The fourth-order valence-electron chi connectivity index (χ4n) is 6.77. The molecule has 1 saturated carbocycles. The molecule has 3 heterocycles. The van der Waals surface area contributed by atoms with Crippen LogP contribution in [0.1, 0.15) is 52.0 Å². The first-order valence-electron chi connectivity index (χ1n) is 18.9. The van der Waals surface area contributed by atoms with Crippen molar-refractivity contribution in [2.75, 3.05) is 42.6 Å². The maximum atomic E-state index is 14.2. The summed E-state index contributed by atoms with van der Waals surface area (Å²) < 4.78 is 42.6. The number of alkyl carbamates (subject to hydrolysis) is 1. The highest BCUT2D eigenvalue weighted by molar-refractivity contribution is 6.17. The highest BCUT2D eigenvalue weighted by Gasteiger charge is 2.38. The number of aliphatic carboxylic acids is 1. The number of carboxylic acids is 1. The summed E-state index contributed by atoms with van der Waals surface area (Å²) in [5.41, 5.74) is 9.43. The first kappa shape index (κ1) is 43.4. The molecule has 0 spiro atoms. The molecule has 6 N–H and O–H groups in total. The van der Waals surface area contributed by atoms with E-state index in [1.165, 1.54) is 4.90 Å². The number of rotatable bonds is 9. The van der Waals surface area contributed by atoms with E-state index in [-0.39, 0.29) is 23.8 Å². The number of nitrogens with one attached hydrogen (secondary N) is 3. The smallest absolute Gasteiger partial charge is 0.475 e. The number of carbonyl (C=O) groups is 4. The van der Waals surface area contributed by atoms with Gasteiger partial charge in [0.25, 0.3) is 11.5 Å². The minimum absolute atomic E-state index is 0.190. The van der Waals surface area contributed by atoms with Crippen LogP contribution in [-0.4, -0.2) is 94.8 Å². The van der Waals surface area contributed by atoms with Crippen molar-refractivity contribution in [1.82, 2.24) is 20.5 Å². The van der Waals surface area contributed by atoms with E-state index in [1.807, 2.05) is 57.3 Å². The number of fused-ring (bicyclic) bond motifs is 1. The molecule has 0 bridgehead atoms. The van der Waals surface area contributed by atoms with Crippen LogP contribution in [0.3, 0.4) is 0 Å². The fraction of sp³-hybridized carbons (Fsp3) is 0.450. The molecule has 0 unspecified atom stereocenters. The molecule has 2 aromatic heterocycles. The number of nitrogens with zero attached hydrogens (tertiary/aromatic N) is 3. The second-order valence-corrected chi connectivity index (χ2v) is 15.2. The van der Waals surface area contributed by atoms with E-state index in [0.717, 1.165) is 35.6 Å². The zero-order valence-corrected chi connectivity index (χ0v) is 32.4. The molecule has 1 saturated heterocycles. The van der Waals surface area contributed by atoms with E-state index >= 15 is 0 Å². The van der Waals surface area contributed by atoms with Crippen molar-refractivity contribution in [2.45, 2.75) is 70.7 Å². The summed E-state index contributed by atoms with van der Waals surface area (Å²) in [6.45, 7) is 8.85. The van der Waals surface area contributed by atoms with Crippen LogP contribution in [0.15, 0.2) is 65.6 Å². The minimum atomic E-state index is -5.08. The van der Waals surface area contributed by atoms with Crippen LogP contribution in [0.2, 0.25) is 0 Å². The quantitative estimate of drug-likeness (QED) is 0.149. The molecule has 0 radical (unpaired) electrons. The normalized spacial score (nSPS) is 17.7. The molecule has 4 aromatic rings. The molecular weight excluding hydrogens is 763 g/mol. The number of pyridine rings is 1. The molecule has 1 atom stereocenters. The van der Waals surface area contributed by atoms with E-state index in [2.05, 4.69) is 31.5 Å². The number of benzene rings is 2. The lowest BCUT2D eigenvalue weighted by atomic mass is 9.81. The van der Waals surface area contributed by atoms with E-state index < -0.39 is 41.7 Å². The first-order chi connectivity index (χ1) is 27.4. The van der Waals surface area contributed by atoms with Gasteiger partial charge in [0.1, 0.15) is 11.4 Å². The zero-order valence-electron chi connectivity index (χ0n) is 32.4. The number of anilines is 2. The third kappa shape index (κ3) is 11.7. The number of nitrogens with two attached hydrogens (primary N) is 1. The molecule has 15 nitrogen and oxygen atoms in total. The summed E-state index contributed by atoms with van der Waals surface area (Å²) in [7, 11) is 0. The highest BCUT2D eigenvalue weighted by atomic mass is 19.4. The molecule has 312 valence electrons. The topological polar surface area (TPSA) is 213 Å². The standard InChI is InChI=1S/C38H47N7O6.C2HF3O2/c1-38(2,3)51-37(49)41-23-25-6-10-27(11-7-25)35(47)45(29-12-13-30-32(22-29)42-43-34(30)46)36(48)31(39)20-24-4-8-26(9-5-24)28-14-15-40-33(21-28)44-16-18-50-19-17-44;3-2(4,5)1(6)7/h4-5,8-9,12-15,21-22,25,27,31H,6-7,10-11,16-20,23,39H2,1-3H3,(H,41,49)(H2,42,43,46);(H,6,7)/t25-,27-,31-;/m0./s1. The number of hydrogen-bond acceptors (Lipinski definition) is 10. The first-order valence-corrected chi connectivity index (χ1v) is 18.9. The molecule has 2 aliphatic rings. The largest absolute Gasteiger partial charge is 0.490 e.